The van der Waals surface area contributed by atoms with E-state index in [1.54, 1.807) is 24.3 Å². The molecule has 9 heteroatoms. The van der Waals surface area contributed by atoms with Crippen molar-refractivity contribution in [1.29, 1.82) is 0 Å². The number of benzene rings is 2. The fourth-order valence-corrected chi connectivity index (χ4v) is 4.44. The second-order valence-electron chi connectivity index (χ2n) is 6.35. The second-order valence-corrected chi connectivity index (χ2v) is 8.36. The molecule has 0 aliphatic carbocycles. The van der Waals surface area contributed by atoms with Crippen LogP contribution in [0.1, 0.15) is 27.1 Å². The van der Waals surface area contributed by atoms with E-state index in [2.05, 4.69) is 10.6 Å². The molecule has 1 fully saturated rings. The van der Waals surface area contributed by atoms with Gasteiger partial charge in [-0.1, -0.05) is 0 Å². The summed E-state index contributed by atoms with van der Waals surface area (Å²) in [5, 5.41) is 14.6. The van der Waals surface area contributed by atoms with Gasteiger partial charge in [-0.05, 0) is 55.0 Å². The predicted octanol–water partition coefficient (Wildman–Crippen LogP) is 1.09. The molecule has 3 N–H and O–H groups in total. The number of phenolic OH excluding ortho intramolecular Hbond substituents is 1. The zero-order valence-electron chi connectivity index (χ0n) is 15.1. The van der Waals surface area contributed by atoms with E-state index in [9.17, 15) is 23.1 Å². The maximum Gasteiger partial charge on any atom is 0.251 e. The van der Waals surface area contributed by atoms with Crippen molar-refractivity contribution < 1.29 is 23.1 Å². The molecule has 1 aliphatic heterocycles. The van der Waals surface area contributed by atoms with Crippen molar-refractivity contribution in [2.24, 2.45) is 0 Å². The molecule has 8 nitrogen and oxygen atoms in total. The standard InChI is InChI=1S/C19H21N3O5S/c23-17-8-4-15(5-9-17)19(25)21-11-10-20-18(24)14-2-6-16(7-3-14)22-12-1-13-28(22,26)27/h2-9,23H,1,10-13H2,(H,20,24)(H,21,25). The lowest BCUT2D eigenvalue weighted by molar-refractivity contribution is 0.0927. The Labute approximate surface area is 163 Å². The molecule has 3 rings (SSSR count). The topological polar surface area (TPSA) is 116 Å². The molecule has 28 heavy (non-hydrogen) atoms. The van der Waals surface area contributed by atoms with Gasteiger partial charge in [0.25, 0.3) is 11.8 Å². The first-order valence-electron chi connectivity index (χ1n) is 8.83. The SMILES string of the molecule is O=C(NCCNC(=O)c1ccc(N2CCCS2(=O)=O)cc1)c1ccc(O)cc1. The Morgan fingerprint density at radius 2 is 1.39 bits per heavy atom. The third kappa shape index (κ3) is 4.61. The zero-order chi connectivity index (χ0) is 20.1. The molecule has 0 unspecified atom stereocenters. The molecule has 2 aromatic rings. The van der Waals surface area contributed by atoms with Gasteiger partial charge in [0, 0.05) is 30.8 Å². The van der Waals surface area contributed by atoms with Crippen LogP contribution in [0.3, 0.4) is 0 Å². The van der Waals surface area contributed by atoms with Gasteiger partial charge in [0.1, 0.15) is 5.75 Å². The maximum atomic E-state index is 12.2. The Hall–Kier alpha value is -3.07. The highest BCUT2D eigenvalue weighted by atomic mass is 32.2. The third-order valence-corrected chi connectivity index (χ3v) is 6.21. The van der Waals surface area contributed by atoms with Crippen molar-refractivity contribution in [2.75, 3.05) is 29.7 Å². The van der Waals surface area contributed by atoms with Gasteiger partial charge in [-0.25, -0.2) is 8.42 Å². The van der Waals surface area contributed by atoms with Crippen LogP contribution in [-0.2, 0) is 10.0 Å². The van der Waals surface area contributed by atoms with Gasteiger partial charge < -0.3 is 15.7 Å². The van der Waals surface area contributed by atoms with E-state index in [-0.39, 0.29) is 36.4 Å². The molecular formula is C19H21N3O5S. The van der Waals surface area contributed by atoms with Crippen LogP contribution in [0.2, 0.25) is 0 Å². The summed E-state index contributed by atoms with van der Waals surface area (Å²) >= 11 is 0. The van der Waals surface area contributed by atoms with Crippen LogP contribution in [0.15, 0.2) is 48.5 Å². The van der Waals surface area contributed by atoms with Crippen LogP contribution in [0.4, 0.5) is 5.69 Å². The highest BCUT2D eigenvalue weighted by Crippen LogP contribution is 2.24. The van der Waals surface area contributed by atoms with Gasteiger partial charge in [-0.15, -0.1) is 0 Å². The summed E-state index contributed by atoms with van der Waals surface area (Å²) in [5.41, 5.74) is 1.37. The average Bonchev–Trinajstić information content (AvgIpc) is 3.04. The average molecular weight is 403 g/mol. The van der Waals surface area contributed by atoms with E-state index < -0.39 is 10.0 Å². The second kappa shape index (κ2) is 8.30. The third-order valence-electron chi connectivity index (χ3n) is 4.34. The van der Waals surface area contributed by atoms with Crippen molar-refractivity contribution in [3.63, 3.8) is 0 Å². The molecule has 2 amide bonds. The van der Waals surface area contributed by atoms with E-state index in [0.29, 0.717) is 29.8 Å². The first-order valence-corrected chi connectivity index (χ1v) is 10.4. The fraction of sp³-hybridized carbons (Fsp3) is 0.263. The van der Waals surface area contributed by atoms with Crippen LogP contribution in [0, 0.1) is 0 Å². The van der Waals surface area contributed by atoms with Crippen molar-refractivity contribution in [2.45, 2.75) is 6.42 Å². The van der Waals surface area contributed by atoms with E-state index in [4.69, 9.17) is 0 Å². The molecule has 1 heterocycles. The Morgan fingerprint density at radius 3 is 1.86 bits per heavy atom. The van der Waals surface area contributed by atoms with Gasteiger partial charge in [0.05, 0.1) is 11.4 Å². The van der Waals surface area contributed by atoms with Crippen LogP contribution < -0.4 is 14.9 Å². The largest absolute Gasteiger partial charge is 0.508 e. The Bertz CT molecular complexity index is 956. The minimum Gasteiger partial charge on any atom is -0.508 e. The number of hydrogen-bond donors (Lipinski definition) is 3. The lowest BCUT2D eigenvalue weighted by Crippen LogP contribution is -2.34. The first-order chi connectivity index (χ1) is 13.4. The van der Waals surface area contributed by atoms with E-state index in [0.717, 1.165) is 0 Å². The summed E-state index contributed by atoms with van der Waals surface area (Å²) in [4.78, 5) is 24.1. The minimum absolute atomic E-state index is 0.0807. The highest BCUT2D eigenvalue weighted by molar-refractivity contribution is 7.93. The summed E-state index contributed by atoms with van der Waals surface area (Å²) in [6, 6.07) is 12.2. The molecule has 0 spiro atoms. The number of aromatic hydroxyl groups is 1. The molecule has 0 saturated carbocycles. The van der Waals surface area contributed by atoms with Crippen molar-refractivity contribution in [3.05, 3.63) is 59.7 Å². The molecule has 148 valence electrons. The number of carbonyl (C=O) groups excluding carboxylic acids is 2. The summed E-state index contributed by atoms with van der Waals surface area (Å²) in [5.74, 6) is -0.386. The van der Waals surface area contributed by atoms with E-state index >= 15 is 0 Å². The Morgan fingerprint density at radius 1 is 0.893 bits per heavy atom. The number of anilines is 1. The quantitative estimate of drug-likeness (QED) is 0.625. The smallest absolute Gasteiger partial charge is 0.251 e. The van der Waals surface area contributed by atoms with Gasteiger partial charge in [0.15, 0.2) is 0 Å². The number of phenols is 1. The lowest BCUT2D eigenvalue weighted by atomic mass is 10.2. The summed E-state index contributed by atoms with van der Waals surface area (Å²) < 4.78 is 25.2. The molecule has 0 radical (unpaired) electrons. The van der Waals surface area contributed by atoms with Crippen molar-refractivity contribution in [1.82, 2.24) is 10.6 Å². The number of nitrogens with zero attached hydrogens (tertiary/aromatic N) is 1. The molecule has 1 aliphatic rings. The van der Waals surface area contributed by atoms with Crippen molar-refractivity contribution >= 4 is 27.5 Å². The number of hydrogen-bond acceptors (Lipinski definition) is 5. The highest BCUT2D eigenvalue weighted by Gasteiger charge is 2.28. The number of carbonyl (C=O) groups is 2. The number of nitrogens with one attached hydrogen (secondary N) is 2. The molecule has 0 atom stereocenters. The Kier molecular flexibility index (Phi) is 5.84. The van der Waals surface area contributed by atoms with Gasteiger partial charge in [-0.3, -0.25) is 13.9 Å². The normalized spacial score (nSPS) is 15.2. The van der Waals surface area contributed by atoms with Crippen LogP contribution in [0.25, 0.3) is 0 Å². The molecule has 0 aromatic heterocycles. The molecule has 1 saturated heterocycles. The van der Waals surface area contributed by atoms with Gasteiger partial charge in [0.2, 0.25) is 10.0 Å². The monoisotopic (exact) mass is 403 g/mol. The van der Waals surface area contributed by atoms with Gasteiger partial charge in [-0.2, -0.15) is 0 Å². The van der Waals surface area contributed by atoms with Gasteiger partial charge >= 0.3 is 0 Å². The number of sulfonamides is 1. The minimum atomic E-state index is -3.25. The maximum absolute atomic E-state index is 12.2. The zero-order valence-corrected chi connectivity index (χ0v) is 15.9. The van der Waals surface area contributed by atoms with Crippen LogP contribution >= 0.6 is 0 Å². The molecule has 0 bridgehead atoms. The Balaban J connectivity index is 1.47. The summed E-state index contributed by atoms with van der Waals surface area (Å²) in [6.07, 6.45) is 0.598. The first kappa shape index (κ1) is 19.7. The predicted molar refractivity (Wildman–Crippen MR) is 105 cm³/mol. The lowest BCUT2D eigenvalue weighted by Gasteiger charge is -2.17. The summed E-state index contributed by atoms with van der Waals surface area (Å²) in [6.45, 7) is 0.940. The molecular weight excluding hydrogens is 382 g/mol. The molecule has 2 aromatic carbocycles. The van der Waals surface area contributed by atoms with Crippen LogP contribution in [-0.4, -0.2) is 50.7 Å². The van der Waals surface area contributed by atoms with E-state index in [1.165, 1.54) is 28.6 Å². The number of amides is 2. The van der Waals surface area contributed by atoms with Crippen molar-refractivity contribution in [3.8, 4) is 5.75 Å². The number of rotatable bonds is 6. The summed E-state index contributed by atoms with van der Waals surface area (Å²) in [7, 11) is -3.25. The van der Waals surface area contributed by atoms with E-state index in [1.807, 2.05) is 0 Å². The van der Waals surface area contributed by atoms with Crippen LogP contribution in [0.5, 0.6) is 5.75 Å². The fourth-order valence-electron chi connectivity index (χ4n) is 2.88.